The van der Waals surface area contributed by atoms with Crippen molar-refractivity contribution in [2.24, 2.45) is 0 Å². The van der Waals surface area contributed by atoms with Crippen LogP contribution >= 0.6 is 15.9 Å². The van der Waals surface area contributed by atoms with Gasteiger partial charge >= 0.3 is 5.97 Å². The minimum Gasteiger partial charge on any atom is -0.452 e. The minimum atomic E-state index is -0.570. The van der Waals surface area contributed by atoms with Crippen LogP contribution in [0.2, 0.25) is 0 Å². The molecule has 6 heteroatoms. The van der Waals surface area contributed by atoms with Gasteiger partial charge in [-0.05, 0) is 41.9 Å². The van der Waals surface area contributed by atoms with Crippen molar-refractivity contribution in [2.45, 2.75) is 13.8 Å². The summed E-state index contributed by atoms with van der Waals surface area (Å²) in [6.45, 7) is 4.67. The number of esters is 1. The molecule has 1 aromatic rings. The number of halogens is 1. The summed E-state index contributed by atoms with van der Waals surface area (Å²) in [5.41, 5.74) is 6.44. The molecule has 2 N–H and O–H groups in total. The lowest BCUT2D eigenvalue weighted by Crippen LogP contribution is -2.34. The molecule has 0 fully saturated rings. The number of nitrogens with zero attached hydrogens (tertiary/aromatic N) is 1. The van der Waals surface area contributed by atoms with E-state index in [9.17, 15) is 9.59 Å². The molecule has 0 atom stereocenters. The first-order chi connectivity index (χ1) is 9.01. The van der Waals surface area contributed by atoms with Crippen molar-refractivity contribution < 1.29 is 14.3 Å². The van der Waals surface area contributed by atoms with Crippen molar-refractivity contribution in [3.8, 4) is 0 Å². The van der Waals surface area contributed by atoms with Crippen molar-refractivity contribution in [3.63, 3.8) is 0 Å². The van der Waals surface area contributed by atoms with Gasteiger partial charge in [0.15, 0.2) is 6.61 Å². The molecule has 0 saturated carbocycles. The second kappa shape index (κ2) is 7.13. The minimum absolute atomic E-state index is 0.210. The van der Waals surface area contributed by atoms with Gasteiger partial charge in [-0.3, -0.25) is 4.79 Å². The first-order valence-corrected chi connectivity index (χ1v) is 6.79. The molecule has 0 spiro atoms. The average molecular weight is 329 g/mol. The molecule has 0 saturated heterocycles. The number of amides is 1. The monoisotopic (exact) mass is 328 g/mol. The summed E-state index contributed by atoms with van der Waals surface area (Å²) in [6.07, 6.45) is 0. The van der Waals surface area contributed by atoms with Gasteiger partial charge in [0.1, 0.15) is 0 Å². The summed E-state index contributed by atoms with van der Waals surface area (Å²) < 4.78 is 5.48. The highest BCUT2D eigenvalue weighted by Gasteiger charge is 2.16. The number of anilines is 1. The molecular formula is C13H17BrN2O3. The molecule has 0 aliphatic rings. The summed E-state index contributed by atoms with van der Waals surface area (Å²) >= 11 is 3.22. The third-order valence-corrected chi connectivity index (χ3v) is 3.58. The van der Waals surface area contributed by atoms with Crippen LogP contribution in [0.15, 0.2) is 22.7 Å². The van der Waals surface area contributed by atoms with E-state index in [4.69, 9.17) is 10.5 Å². The third kappa shape index (κ3) is 3.96. The maximum absolute atomic E-state index is 11.8. The molecule has 1 amide bonds. The largest absolute Gasteiger partial charge is 0.452 e. The fraction of sp³-hybridized carbons (Fsp3) is 0.385. The molecule has 104 valence electrons. The van der Waals surface area contributed by atoms with Gasteiger partial charge in [-0.2, -0.15) is 0 Å². The lowest BCUT2D eigenvalue weighted by molar-refractivity contribution is -0.134. The molecule has 1 aromatic carbocycles. The fourth-order valence-electron chi connectivity index (χ4n) is 1.58. The highest BCUT2D eigenvalue weighted by atomic mass is 79.9. The van der Waals surface area contributed by atoms with Crippen LogP contribution in [-0.2, 0) is 9.53 Å². The van der Waals surface area contributed by atoms with E-state index < -0.39 is 5.97 Å². The van der Waals surface area contributed by atoms with E-state index in [1.54, 1.807) is 23.1 Å². The van der Waals surface area contributed by atoms with Crippen molar-refractivity contribution >= 4 is 33.5 Å². The summed E-state index contributed by atoms with van der Waals surface area (Å²) in [5, 5.41) is 0. The van der Waals surface area contributed by atoms with E-state index in [-0.39, 0.29) is 12.5 Å². The van der Waals surface area contributed by atoms with Gasteiger partial charge < -0.3 is 15.4 Å². The summed E-state index contributed by atoms with van der Waals surface area (Å²) in [5.74, 6) is -0.780. The van der Waals surface area contributed by atoms with E-state index in [0.717, 1.165) is 0 Å². The zero-order valence-electron chi connectivity index (χ0n) is 11.0. The van der Waals surface area contributed by atoms with E-state index >= 15 is 0 Å². The van der Waals surface area contributed by atoms with E-state index in [2.05, 4.69) is 15.9 Å². The highest BCUT2D eigenvalue weighted by Crippen LogP contribution is 2.24. The van der Waals surface area contributed by atoms with Crippen LogP contribution in [-0.4, -0.2) is 36.5 Å². The SMILES string of the molecule is CCN(CC)C(=O)COC(=O)c1cccc(N)c1Br. The molecule has 0 radical (unpaired) electrons. The van der Waals surface area contributed by atoms with E-state index in [1.165, 1.54) is 0 Å². The van der Waals surface area contributed by atoms with Crippen molar-refractivity contribution in [2.75, 3.05) is 25.4 Å². The Morgan fingerprint density at radius 1 is 1.32 bits per heavy atom. The Morgan fingerprint density at radius 3 is 2.53 bits per heavy atom. The van der Waals surface area contributed by atoms with Gasteiger partial charge in [0, 0.05) is 18.8 Å². The maximum Gasteiger partial charge on any atom is 0.339 e. The van der Waals surface area contributed by atoms with Crippen LogP contribution in [0.1, 0.15) is 24.2 Å². The molecule has 0 aliphatic carbocycles. The van der Waals surface area contributed by atoms with Crippen molar-refractivity contribution in [1.82, 2.24) is 4.90 Å². The average Bonchev–Trinajstić information content (AvgIpc) is 2.40. The molecular weight excluding hydrogens is 312 g/mol. The predicted octanol–water partition coefficient (Wildman–Crippen LogP) is 2.06. The Kier molecular flexibility index (Phi) is 5.82. The summed E-state index contributed by atoms with van der Waals surface area (Å²) in [6, 6.07) is 4.91. The second-order valence-electron chi connectivity index (χ2n) is 3.85. The zero-order valence-corrected chi connectivity index (χ0v) is 12.6. The molecule has 0 unspecified atom stereocenters. The normalized spacial score (nSPS) is 10.1. The Labute approximate surface area is 120 Å². The van der Waals surface area contributed by atoms with Gasteiger partial charge in [-0.25, -0.2) is 4.79 Å². The highest BCUT2D eigenvalue weighted by molar-refractivity contribution is 9.10. The number of hydrogen-bond acceptors (Lipinski definition) is 4. The van der Waals surface area contributed by atoms with Gasteiger partial charge in [0.2, 0.25) is 0 Å². The standard InChI is InChI=1S/C13H17BrN2O3/c1-3-16(4-2)11(17)8-19-13(18)9-6-5-7-10(15)12(9)14/h5-7H,3-4,8,15H2,1-2H3. The van der Waals surface area contributed by atoms with Gasteiger partial charge in [0.05, 0.1) is 10.0 Å². The predicted molar refractivity (Wildman–Crippen MR) is 76.8 cm³/mol. The quantitative estimate of drug-likeness (QED) is 0.663. The van der Waals surface area contributed by atoms with Crippen LogP contribution in [0, 0.1) is 0 Å². The van der Waals surface area contributed by atoms with Crippen LogP contribution < -0.4 is 5.73 Å². The Hall–Kier alpha value is -1.56. The number of carbonyl (C=O) groups is 2. The second-order valence-corrected chi connectivity index (χ2v) is 4.64. The fourth-order valence-corrected chi connectivity index (χ4v) is 2.01. The molecule has 19 heavy (non-hydrogen) atoms. The molecule has 0 bridgehead atoms. The summed E-state index contributed by atoms with van der Waals surface area (Å²) in [7, 11) is 0. The number of likely N-dealkylation sites (N-methyl/N-ethyl adjacent to an activating group) is 1. The topological polar surface area (TPSA) is 72.6 Å². The van der Waals surface area contributed by atoms with Crippen molar-refractivity contribution in [1.29, 1.82) is 0 Å². The van der Waals surface area contributed by atoms with Gasteiger partial charge in [-0.1, -0.05) is 6.07 Å². The lowest BCUT2D eigenvalue weighted by atomic mass is 10.2. The molecule has 5 nitrogen and oxygen atoms in total. The number of carbonyl (C=O) groups excluding carboxylic acids is 2. The van der Waals surface area contributed by atoms with Crippen LogP contribution in [0.5, 0.6) is 0 Å². The number of ether oxygens (including phenoxy) is 1. The molecule has 0 aliphatic heterocycles. The Morgan fingerprint density at radius 2 is 1.95 bits per heavy atom. The van der Waals surface area contributed by atoms with Crippen molar-refractivity contribution in [3.05, 3.63) is 28.2 Å². The maximum atomic E-state index is 11.8. The smallest absolute Gasteiger partial charge is 0.339 e. The van der Waals surface area contributed by atoms with E-state index in [1.807, 2.05) is 13.8 Å². The molecule has 0 heterocycles. The molecule has 1 rings (SSSR count). The van der Waals surface area contributed by atoms with E-state index in [0.29, 0.717) is 28.8 Å². The first kappa shape index (κ1) is 15.5. The third-order valence-electron chi connectivity index (χ3n) is 2.69. The van der Waals surface area contributed by atoms with Crippen LogP contribution in [0.25, 0.3) is 0 Å². The Bertz CT molecular complexity index is 473. The number of rotatable bonds is 5. The van der Waals surface area contributed by atoms with Crippen LogP contribution in [0.3, 0.4) is 0 Å². The zero-order chi connectivity index (χ0) is 14.4. The van der Waals surface area contributed by atoms with Crippen LogP contribution in [0.4, 0.5) is 5.69 Å². The molecule has 0 aromatic heterocycles. The Balaban J connectivity index is 2.66. The summed E-state index contributed by atoms with van der Waals surface area (Å²) in [4.78, 5) is 25.1. The number of hydrogen-bond donors (Lipinski definition) is 1. The number of benzene rings is 1. The lowest BCUT2D eigenvalue weighted by Gasteiger charge is -2.18. The van der Waals surface area contributed by atoms with Gasteiger partial charge in [0.25, 0.3) is 5.91 Å². The van der Waals surface area contributed by atoms with Gasteiger partial charge in [-0.15, -0.1) is 0 Å². The first-order valence-electron chi connectivity index (χ1n) is 6.00. The number of nitrogens with two attached hydrogens (primary N) is 1. The number of nitrogen functional groups attached to an aromatic ring is 1.